The fraction of sp³-hybridized carbons (Fsp3) is 0.150. The minimum Gasteiger partial charge on any atom is -0.200 e. The first-order valence-electron chi connectivity index (χ1n) is 30.4. The third-order valence-electron chi connectivity index (χ3n) is 15.5. The SMILES string of the molecule is Cc1ccc(-c2ccc(-c3ccccc3C)[n+](C)c2)cc1.Cc1cccc(-c2ccc(-c3ccccc3C)[n+](C)c2)c1.Cc1cccc(-c2ccc(-c3ccccc3C)[n+](C)c2)c1.[2H]C([2H])([2H])c1ccc(-c2ccc(-c3ccccc3C)[n+](C)c2)cc1. The van der Waals surface area contributed by atoms with Gasteiger partial charge in [0.1, 0.15) is 28.2 Å². The maximum atomic E-state index is 7.45. The van der Waals surface area contributed by atoms with Crippen LogP contribution < -0.4 is 18.3 Å². The molecular weight excluding hydrogens is 1020 g/mol. The molecule has 4 aromatic heterocycles. The molecule has 0 aliphatic rings. The van der Waals surface area contributed by atoms with Gasteiger partial charge in [0, 0.05) is 72.9 Å². The van der Waals surface area contributed by atoms with Crippen LogP contribution in [0.2, 0.25) is 0 Å². The van der Waals surface area contributed by atoms with Crippen molar-refractivity contribution in [3.63, 3.8) is 0 Å². The highest BCUT2D eigenvalue weighted by Gasteiger charge is 2.17. The predicted octanol–water partition coefficient (Wildman–Crippen LogP) is 17.8. The number of pyridine rings is 4. The van der Waals surface area contributed by atoms with E-state index in [0.717, 1.165) is 16.8 Å². The zero-order valence-corrected chi connectivity index (χ0v) is 50.7. The van der Waals surface area contributed by atoms with Crippen LogP contribution in [0.1, 0.15) is 48.6 Å². The number of rotatable bonds is 8. The van der Waals surface area contributed by atoms with Crippen molar-refractivity contribution in [1.82, 2.24) is 0 Å². The molecule has 12 aromatic rings. The summed E-state index contributed by atoms with van der Waals surface area (Å²) >= 11 is 0. The van der Waals surface area contributed by atoms with E-state index in [4.69, 9.17) is 4.11 Å². The van der Waals surface area contributed by atoms with Crippen LogP contribution in [0.25, 0.3) is 89.5 Å². The van der Waals surface area contributed by atoms with Gasteiger partial charge in [0.25, 0.3) is 0 Å². The molecule has 0 saturated carbocycles. The largest absolute Gasteiger partial charge is 0.212 e. The number of aromatic nitrogens is 4. The Morgan fingerprint density at radius 3 is 0.750 bits per heavy atom. The average Bonchev–Trinajstić information content (AvgIpc) is 2.90. The van der Waals surface area contributed by atoms with Crippen molar-refractivity contribution < 1.29 is 22.4 Å². The number of hydrogen-bond donors (Lipinski definition) is 0. The van der Waals surface area contributed by atoms with E-state index in [9.17, 15) is 0 Å². The topological polar surface area (TPSA) is 15.5 Å². The highest BCUT2D eigenvalue weighted by Crippen LogP contribution is 2.28. The summed E-state index contributed by atoms with van der Waals surface area (Å²) in [5.41, 5.74) is 28.9. The molecule has 0 aliphatic carbocycles. The average molecular weight is 1100 g/mol. The lowest BCUT2D eigenvalue weighted by atomic mass is 10.0. The molecule has 4 nitrogen and oxygen atoms in total. The first-order valence-corrected chi connectivity index (χ1v) is 28.9. The Labute approximate surface area is 504 Å². The molecular formula is C80H80N4+4. The molecule has 0 fully saturated rings. The van der Waals surface area contributed by atoms with Crippen LogP contribution in [0.15, 0.2) is 267 Å². The van der Waals surface area contributed by atoms with Gasteiger partial charge in [0.2, 0.25) is 22.8 Å². The molecule has 12 rings (SSSR count). The van der Waals surface area contributed by atoms with Crippen molar-refractivity contribution in [2.75, 3.05) is 0 Å². The van der Waals surface area contributed by atoms with Crippen LogP contribution in [-0.2, 0) is 28.2 Å². The molecule has 0 amide bonds. The quantitative estimate of drug-likeness (QED) is 0.135. The van der Waals surface area contributed by atoms with Crippen LogP contribution in [0, 0.1) is 55.3 Å². The Morgan fingerprint density at radius 2 is 0.488 bits per heavy atom. The van der Waals surface area contributed by atoms with Crippen molar-refractivity contribution in [2.24, 2.45) is 28.2 Å². The molecule has 0 saturated heterocycles. The summed E-state index contributed by atoms with van der Waals surface area (Å²) in [4.78, 5) is 0. The summed E-state index contributed by atoms with van der Waals surface area (Å²) in [5, 5.41) is 0. The Kier molecular flexibility index (Phi) is 17.9. The van der Waals surface area contributed by atoms with E-state index in [1.54, 1.807) is 12.1 Å². The van der Waals surface area contributed by atoms with Crippen molar-refractivity contribution in [3.05, 3.63) is 312 Å². The van der Waals surface area contributed by atoms with E-state index in [2.05, 4.69) is 319 Å². The van der Waals surface area contributed by atoms with Crippen LogP contribution in [0.4, 0.5) is 0 Å². The number of benzene rings is 8. The second-order valence-electron chi connectivity index (χ2n) is 22.1. The Bertz CT molecular complexity index is 4190. The molecule has 4 heteroatoms. The Balaban J connectivity index is 0.000000139. The van der Waals surface area contributed by atoms with Gasteiger partial charge >= 0.3 is 0 Å². The second kappa shape index (κ2) is 27.4. The fourth-order valence-electron chi connectivity index (χ4n) is 10.7. The third kappa shape index (κ3) is 14.7. The molecule has 0 bridgehead atoms. The number of hydrogen-bond acceptors (Lipinski definition) is 0. The number of nitrogens with zero attached hydrogens (tertiary/aromatic N) is 4. The molecule has 416 valence electrons. The summed E-state index contributed by atoms with van der Waals surface area (Å²) in [6.45, 7) is 12.9. The van der Waals surface area contributed by atoms with Gasteiger partial charge in [0.15, 0.2) is 24.8 Å². The van der Waals surface area contributed by atoms with E-state index in [1.807, 2.05) is 31.3 Å². The van der Waals surface area contributed by atoms with Gasteiger partial charge in [-0.05, 0) is 148 Å². The molecule has 0 radical (unpaired) electrons. The van der Waals surface area contributed by atoms with Crippen molar-refractivity contribution in [2.45, 2.75) is 55.3 Å². The summed E-state index contributed by atoms with van der Waals surface area (Å²) < 4.78 is 31.1. The lowest BCUT2D eigenvalue weighted by molar-refractivity contribution is -0.660. The summed E-state index contributed by atoms with van der Waals surface area (Å²) in [6.07, 6.45) is 8.69. The monoisotopic (exact) mass is 1100 g/mol. The summed E-state index contributed by atoms with van der Waals surface area (Å²) in [6, 6.07) is 84.3. The minimum absolute atomic E-state index is 0.368. The van der Waals surface area contributed by atoms with Crippen LogP contribution >= 0.6 is 0 Å². The van der Waals surface area contributed by atoms with E-state index in [1.165, 1.54) is 112 Å². The number of aryl methyl sites for hydroxylation is 12. The molecule has 84 heavy (non-hydrogen) atoms. The first kappa shape index (κ1) is 54.9. The van der Waals surface area contributed by atoms with Crippen molar-refractivity contribution in [3.8, 4) is 89.5 Å². The molecule has 0 unspecified atom stereocenters. The lowest BCUT2D eigenvalue weighted by Crippen LogP contribution is -2.30. The molecule has 0 atom stereocenters. The normalized spacial score (nSPS) is 11.3. The van der Waals surface area contributed by atoms with Crippen LogP contribution in [0.3, 0.4) is 0 Å². The molecule has 0 aliphatic heterocycles. The Hall–Kier alpha value is -9.64. The van der Waals surface area contributed by atoms with Gasteiger partial charge in [-0.15, -0.1) is 0 Å². The van der Waals surface area contributed by atoms with E-state index >= 15 is 0 Å². The van der Waals surface area contributed by atoms with E-state index in [0.29, 0.717) is 5.56 Å². The zero-order valence-electron chi connectivity index (χ0n) is 53.7. The fourth-order valence-corrected chi connectivity index (χ4v) is 10.7. The van der Waals surface area contributed by atoms with Crippen LogP contribution in [-0.4, -0.2) is 0 Å². The molecule has 0 spiro atoms. The smallest absolute Gasteiger partial charge is 0.200 e. The maximum Gasteiger partial charge on any atom is 0.212 e. The zero-order chi connectivity index (χ0) is 61.8. The Morgan fingerprint density at radius 1 is 0.226 bits per heavy atom. The van der Waals surface area contributed by atoms with E-state index < -0.39 is 6.85 Å². The predicted molar refractivity (Wildman–Crippen MR) is 352 cm³/mol. The van der Waals surface area contributed by atoms with Gasteiger partial charge in [-0.25, -0.2) is 18.3 Å². The van der Waals surface area contributed by atoms with Gasteiger partial charge in [-0.1, -0.05) is 192 Å². The highest BCUT2D eigenvalue weighted by atomic mass is 14.9. The summed E-state index contributed by atoms with van der Waals surface area (Å²) in [7, 11) is 8.36. The third-order valence-corrected chi connectivity index (χ3v) is 15.5. The van der Waals surface area contributed by atoms with Gasteiger partial charge in [0.05, 0.1) is 0 Å². The van der Waals surface area contributed by atoms with Crippen LogP contribution in [0.5, 0.6) is 0 Å². The second-order valence-corrected chi connectivity index (χ2v) is 22.1. The van der Waals surface area contributed by atoms with Gasteiger partial charge < -0.3 is 0 Å². The lowest BCUT2D eigenvalue weighted by Gasteiger charge is -2.06. The van der Waals surface area contributed by atoms with Crippen molar-refractivity contribution >= 4 is 0 Å². The molecule has 4 heterocycles. The highest BCUT2D eigenvalue weighted by molar-refractivity contribution is 5.70. The minimum atomic E-state index is -2.06. The maximum absolute atomic E-state index is 7.45. The molecule has 0 N–H and O–H groups in total. The first-order chi connectivity index (χ1) is 41.8. The van der Waals surface area contributed by atoms with E-state index in [-0.39, 0.29) is 0 Å². The van der Waals surface area contributed by atoms with Gasteiger partial charge in [-0.3, -0.25) is 0 Å². The van der Waals surface area contributed by atoms with Gasteiger partial charge in [-0.2, -0.15) is 0 Å². The molecule has 8 aromatic carbocycles. The standard InChI is InChI=1S/4C20H20N/c2*1-15-7-6-9-17(13-15)18-11-12-20(21(3)14-18)19-10-5-4-8-16(19)2;2*1-15-8-10-17(11-9-15)18-12-13-20(21(3)14-18)19-7-5-4-6-16(19)2/h4*4-14H,1-3H3/q4*+1/i;;1D3;. The summed E-state index contributed by atoms with van der Waals surface area (Å²) in [5.74, 6) is 0. The van der Waals surface area contributed by atoms with Crippen molar-refractivity contribution in [1.29, 1.82) is 0 Å².